The smallest absolute Gasteiger partial charge is 0.303 e. The molecule has 0 spiro atoms. The Morgan fingerprint density at radius 1 is 1.19 bits per heavy atom. The highest BCUT2D eigenvalue weighted by Gasteiger charge is 2.16. The molecule has 0 aliphatic carbocycles. The number of nitrogens with one attached hydrogen (secondary N) is 1. The molecule has 0 saturated carbocycles. The van der Waals surface area contributed by atoms with Crippen molar-refractivity contribution in [3.8, 4) is 0 Å². The first kappa shape index (κ1) is 14.8. The van der Waals surface area contributed by atoms with Gasteiger partial charge in [0.1, 0.15) is 0 Å². The third-order valence-corrected chi connectivity index (χ3v) is 3.04. The molecular formula is C15H17N3O3. The Morgan fingerprint density at radius 3 is 2.57 bits per heavy atom. The van der Waals surface area contributed by atoms with E-state index in [1.165, 1.54) is 0 Å². The Labute approximate surface area is 122 Å². The quantitative estimate of drug-likeness (QED) is 0.813. The van der Waals surface area contributed by atoms with Crippen LogP contribution in [0.4, 0.5) is 5.69 Å². The maximum Gasteiger partial charge on any atom is 0.303 e. The monoisotopic (exact) mass is 287 g/mol. The number of anilines is 1. The predicted octanol–water partition coefficient (Wildman–Crippen LogP) is 1.85. The minimum atomic E-state index is -0.857. The van der Waals surface area contributed by atoms with Crippen molar-refractivity contribution in [2.45, 2.75) is 19.3 Å². The maximum absolute atomic E-state index is 12.4. The minimum absolute atomic E-state index is 0.0423. The first-order chi connectivity index (χ1) is 10.2. The van der Waals surface area contributed by atoms with Crippen LogP contribution in [0.25, 0.3) is 0 Å². The topological polar surface area (TPSA) is 86.3 Å². The number of carboxylic acids is 1. The fourth-order valence-electron chi connectivity index (χ4n) is 2.04. The molecule has 0 atom stereocenters. The van der Waals surface area contributed by atoms with Crippen molar-refractivity contribution in [3.05, 3.63) is 48.3 Å². The number of para-hydroxylation sites is 1. The van der Waals surface area contributed by atoms with Crippen molar-refractivity contribution in [3.63, 3.8) is 0 Å². The van der Waals surface area contributed by atoms with Gasteiger partial charge in [0.15, 0.2) is 0 Å². The molecular weight excluding hydrogens is 270 g/mol. The van der Waals surface area contributed by atoms with Crippen LogP contribution in [0.5, 0.6) is 0 Å². The van der Waals surface area contributed by atoms with Crippen molar-refractivity contribution in [2.24, 2.45) is 0 Å². The lowest BCUT2D eigenvalue weighted by Gasteiger charge is -2.22. The summed E-state index contributed by atoms with van der Waals surface area (Å²) in [5, 5.41) is 15.3. The fraction of sp³-hybridized carbons (Fsp3) is 0.267. The zero-order valence-corrected chi connectivity index (χ0v) is 11.5. The number of aromatic amines is 1. The van der Waals surface area contributed by atoms with Gasteiger partial charge in [-0.25, -0.2) is 0 Å². The van der Waals surface area contributed by atoms with Gasteiger partial charge in [0.05, 0.1) is 6.42 Å². The minimum Gasteiger partial charge on any atom is -0.481 e. The molecule has 0 unspecified atom stereocenters. The van der Waals surface area contributed by atoms with E-state index in [1.807, 2.05) is 30.3 Å². The summed E-state index contributed by atoms with van der Waals surface area (Å²) in [4.78, 5) is 24.7. The number of carbonyl (C=O) groups excluding carboxylic acids is 1. The summed E-state index contributed by atoms with van der Waals surface area (Å²) in [7, 11) is 0. The SMILES string of the molecule is O=C(O)CCCN(C(=O)Cc1ccn[nH]1)c1ccccc1. The van der Waals surface area contributed by atoms with Crippen LogP contribution in [0.3, 0.4) is 0 Å². The van der Waals surface area contributed by atoms with E-state index >= 15 is 0 Å². The van der Waals surface area contributed by atoms with Crippen LogP contribution in [0.15, 0.2) is 42.6 Å². The Balaban J connectivity index is 2.07. The molecule has 0 bridgehead atoms. The molecule has 2 N–H and O–H groups in total. The van der Waals surface area contributed by atoms with E-state index in [4.69, 9.17) is 5.11 Å². The molecule has 1 amide bonds. The van der Waals surface area contributed by atoms with Crippen LogP contribution >= 0.6 is 0 Å². The summed E-state index contributed by atoms with van der Waals surface area (Å²) < 4.78 is 0. The molecule has 1 aromatic heterocycles. The molecule has 110 valence electrons. The maximum atomic E-state index is 12.4. The van der Waals surface area contributed by atoms with Crippen molar-refractivity contribution < 1.29 is 14.7 Å². The number of amides is 1. The molecule has 6 nitrogen and oxygen atoms in total. The summed E-state index contributed by atoms with van der Waals surface area (Å²) in [6.07, 6.45) is 2.27. The van der Waals surface area contributed by atoms with E-state index in [1.54, 1.807) is 17.2 Å². The number of H-pyrrole nitrogens is 1. The number of hydrogen-bond donors (Lipinski definition) is 2. The Morgan fingerprint density at radius 2 is 1.95 bits per heavy atom. The second-order valence-corrected chi connectivity index (χ2v) is 4.64. The number of aromatic nitrogens is 2. The molecule has 0 aliphatic heterocycles. The second-order valence-electron chi connectivity index (χ2n) is 4.64. The number of nitrogens with zero attached hydrogens (tertiary/aromatic N) is 2. The molecule has 0 saturated heterocycles. The average molecular weight is 287 g/mol. The Bertz CT molecular complexity index is 581. The van der Waals surface area contributed by atoms with Crippen molar-refractivity contribution in [1.82, 2.24) is 10.2 Å². The number of aliphatic carboxylic acids is 1. The molecule has 0 aliphatic rings. The van der Waals surface area contributed by atoms with Gasteiger partial charge in [-0.2, -0.15) is 5.10 Å². The highest BCUT2D eigenvalue weighted by atomic mass is 16.4. The van der Waals surface area contributed by atoms with E-state index in [0.29, 0.717) is 13.0 Å². The van der Waals surface area contributed by atoms with Crippen molar-refractivity contribution in [2.75, 3.05) is 11.4 Å². The summed E-state index contributed by atoms with van der Waals surface area (Å²) in [5.41, 5.74) is 1.51. The van der Waals surface area contributed by atoms with E-state index in [0.717, 1.165) is 11.4 Å². The third-order valence-electron chi connectivity index (χ3n) is 3.04. The number of hydrogen-bond acceptors (Lipinski definition) is 3. The van der Waals surface area contributed by atoms with Gasteiger partial charge in [-0.1, -0.05) is 18.2 Å². The third kappa shape index (κ3) is 4.45. The van der Waals surface area contributed by atoms with Crippen LogP contribution in [-0.4, -0.2) is 33.7 Å². The molecule has 0 radical (unpaired) electrons. The van der Waals surface area contributed by atoms with Crippen LogP contribution in [0.2, 0.25) is 0 Å². The predicted molar refractivity (Wildman–Crippen MR) is 78.0 cm³/mol. The van der Waals surface area contributed by atoms with E-state index in [9.17, 15) is 9.59 Å². The zero-order valence-electron chi connectivity index (χ0n) is 11.5. The average Bonchev–Trinajstić information content (AvgIpc) is 2.97. The Kier molecular flexibility index (Phi) is 5.09. The van der Waals surface area contributed by atoms with Crippen molar-refractivity contribution >= 4 is 17.6 Å². The lowest BCUT2D eigenvalue weighted by atomic mass is 10.2. The van der Waals surface area contributed by atoms with Gasteiger partial charge in [-0.05, 0) is 24.6 Å². The van der Waals surface area contributed by atoms with E-state index in [-0.39, 0.29) is 18.7 Å². The van der Waals surface area contributed by atoms with Crippen molar-refractivity contribution in [1.29, 1.82) is 0 Å². The van der Waals surface area contributed by atoms with Crippen LogP contribution in [0.1, 0.15) is 18.5 Å². The normalized spacial score (nSPS) is 10.3. The first-order valence-electron chi connectivity index (χ1n) is 6.72. The molecule has 2 aromatic rings. The van der Waals surface area contributed by atoms with E-state index < -0.39 is 5.97 Å². The van der Waals surface area contributed by atoms with Gasteiger partial charge < -0.3 is 10.0 Å². The van der Waals surface area contributed by atoms with Gasteiger partial charge in [0, 0.05) is 30.5 Å². The number of carboxylic acid groups (broad SMARTS) is 1. The molecule has 2 rings (SSSR count). The zero-order chi connectivity index (χ0) is 15.1. The molecule has 21 heavy (non-hydrogen) atoms. The van der Waals surface area contributed by atoms with Crippen LogP contribution in [0, 0.1) is 0 Å². The second kappa shape index (κ2) is 7.23. The molecule has 1 aromatic carbocycles. The highest BCUT2D eigenvalue weighted by molar-refractivity contribution is 5.94. The lowest BCUT2D eigenvalue weighted by Crippen LogP contribution is -2.33. The molecule has 1 heterocycles. The van der Waals surface area contributed by atoms with Gasteiger partial charge in [0.2, 0.25) is 5.91 Å². The van der Waals surface area contributed by atoms with Crippen LogP contribution in [-0.2, 0) is 16.0 Å². The first-order valence-corrected chi connectivity index (χ1v) is 6.72. The fourth-order valence-corrected chi connectivity index (χ4v) is 2.04. The van der Waals surface area contributed by atoms with E-state index in [2.05, 4.69) is 10.2 Å². The summed E-state index contributed by atoms with van der Waals surface area (Å²) in [6.45, 7) is 0.378. The summed E-state index contributed by atoms with van der Waals surface area (Å²) in [6, 6.07) is 11.0. The standard InChI is InChI=1S/C15H17N3O3/c19-14(11-12-8-9-16-17-12)18(10-4-7-15(20)21)13-5-2-1-3-6-13/h1-3,5-6,8-9H,4,7,10-11H2,(H,16,17)(H,20,21). The largest absolute Gasteiger partial charge is 0.481 e. The summed E-state index contributed by atoms with van der Waals surface area (Å²) >= 11 is 0. The van der Waals surface area contributed by atoms with Gasteiger partial charge in [0.25, 0.3) is 0 Å². The van der Waals surface area contributed by atoms with Gasteiger partial charge in [-0.15, -0.1) is 0 Å². The molecule has 6 heteroatoms. The highest BCUT2D eigenvalue weighted by Crippen LogP contribution is 2.15. The van der Waals surface area contributed by atoms with Gasteiger partial charge in [-0.3, -0.25) is 14.7 Å². The number of carbonyl (C=O) groups is 2. The number of benzene rings is 1. The van der Waals surface area contributed by atoms with Gasteiger partial charge >= 0.3 is 5.97 Å². The molecule has 0 fully saturated rings. The Hall–Kier alpha value is -2.63. The van der Waals surface area contributed by atoms with Crippen LogP contribution < -0.4 is 4.90 Å². The lowest BCUT2D eigenvalue weighted by molar-refractivity contribution is -0.137. The summed E-state index contributed by atoms with van der Waals surface area (Å²) in [5.74, 6) is -0.945. The number of rotatable bonds is 7.